The van der Waals surface area contributed by atoms with Crippen LogP contribution in [0.3, 0.4) is 0 Å². The standard InChI is InChI=1S/C28H25F4NO4/c1-3-36-16(2)15-37-20-8-4-17(5-9-20)27(35)26-22-11-7-19(34)13-25(22)33-14-23(26)21-10-6-18(12-24(21)29)28(30,31)32/h4-14,16,27,34-35H,3,15H2,1-2H3/t16?,27-/m1/s1. The fourth-order valence-corrected chi connectivity index (χ4v) is 4.08. The molecule has 0 amide bonds. The van der Waals surface area contributed by atoms with Crippen molar-refractivity contribution in [1.82, 2.24) is 4.98 Å². The lowest BCUT2D eigenvalue weighted by Crippen LogP contribution is -2.17. The highest BCUT2D eigenvalue weighted by atomic mass is 19.4. The van der Waals surface area contributed by atoms with Crippen LogP contribution in [-0.2, 0) is 10.9 Å². The third-order valence-electron chi connectivity index (χ3n) is 5.89. The highest BCUT2D eigenvalue weighted by molar-refractivity contribution is 5.90. The van der Waals surface area contributed by atoms with Gasteiger partial charge in [0.15, 0.2) is 0 Å². The molecule has 9 heteroatoms. The summed E-state index contributed by atoms with van der Waals surface area (Å²) in [7, 11) is 0. The van der Waals surface area contributed by atoms with Crippen molar-refractivity contribution in [3.05, 3.63) is 89.4 Å². The van der Waals surface area contributed by atoms with Crippen molar-refractivity contribution in [3.8, 4) is 22.6 Å². The third-order valence-corrected chi connectivity index (χ3v) is 5.89. The molecule has 194 valence electrons. The fourth-order valence-electron chi connectivity index (χ4n) is 4.08. The molecule has 1 heterocycles. The van der Waals surface area contributed by atoms with Gasteiger partial charge in [-0.15, -0.1) is 0 Å². The van der Waals surface area contributed by atoms with Crippen LogP contribution in [0.5, 0.6) is 11.5 Å². The van der Waals surface area contributed by atoms with Crippen LogP contribution in [0.1, 0.15) is 36.6 Å². The van der Waals surface area contributed by atoms with Gasteiger partial charge in [0.1, 0.15) is 30.0 Å². The van der Waals surface area contributed by atoms with E-state index < -0.39 is 23.7 Å². The topological polar surface area (TPSA) is 71.8 Å². The van der Waals surface area contributed by atoms with Gasteiger partial charge in [-0.05, 0) is 55.8 Å². The number of hydrogen-bond acceptors (Lipinski definition) is 5. The number of fused-ring (bicyclic) bond motifs is 1. The molecule has 0 fully saturated rings. The number of pyridine rings is 1. The van der Waals surface area contributed by atoms with Crippen LogP contribution in [0.4, 0.5) is 17.6 Å². The molecule has 2 atom stereocenters. The molecule has 4 aromatic rings. The van der Waals surface area contributed by atoms with Gasteiger partial charge in [0.25, 0.3) is 0 Å². The number of phenols is 1. The zero-order valence-corrected chi connectivity index (χ0v) is 20.1. The number of benzene rings is 3. The Labute approximate surface area is 210 Å². The maximum Gasteiger partial charge on any atom is 0.416 e. The van der Waals surface area contributed by atoms with E-state index in [1.807, 2.05) is 13.8 Å². The number of aliphatic hydroxyl groups is 1. The van der Waals surface area contributed by atoms with E-state index in [1.165, 1.54) is 24.4 Å². The molecular weight excluding hydrogens is 490 g/mol. The summed E-state index contributed by atoms with van der Waals surface area (Å²) in [5.74, 6) is -0.604. The number of halogens is 4. The Morgan fingerprint density at radius 1 is 0.973 bits per heavy atom. The number of nitrogens with zero attached hydrogens (tertiary/aromatic N) is 1. The highest BCUT2D eigenvalue weighted by Crippen LogP contribution is 2.40. The number of aliphatic hydroxyl groups excluding tert-OH is 1. The molecule has 0 spiro atoms. The monoisotopic (exact) mass is 515 g/mol. The number of aromatic nitrogens is 1. The summed E-state index contributed by atoms with van der Waals surface area (Å²) in [6, 6.07) is 13.2. The van der Waals surface area contributed by atoms with Crippen LogP contribution >= 0.6 is 0 Å². The highest BCUT2D eigenvalue weighted by Gasteiger charge is 2.32. The second-order valence-corrected chi connectivity index (χ2v) is 8.53. The zero-order valence-electron chi connectivity index (χ0n) is 20.1. The van der Waals surface area contributed by atoms with Gasteiger partial charge in [-0.2, -0.15) is 13.2 Å². The lowest BCUT2D eigenvalue weighted by atomic mass is 9.90. The summed E-state index contributed by atoms with van der Waals surface area (Å²) in [5.41, 5.74) is -0.127. The second-order valence-electron chi connectivity index (χ2n) is 8.53. The first-order valence-corrected chi connectivity index (χ1v) is 11.6. The Balaban J connectivity index is 1.76. The number of phenolic OH excluding ortho intramolecular Hbond substituents is 1. The number of ether oxygens (including phenoxy) is 2. The Morgan fingerprint density at radius 2 is 1.70 bits per heavy atom. The van der Waals surface area contributed by atoms with Crippen LogP contribution in [0.15, 0.2) is 66.9 Å². The lowest BCUT2D eigenvalue weighted by molar-refractivity contribution is -0.137. The molecule has 37 heavy (non-hydrogen) atoms. The quantitative estimate of drug-likeness (QED) is 0.257. The van der Waals surface area contributed by atoms with Gasteiger partial charge in [0, 0.05) is 40.9 Å². The maximum atomic E-state index is 15.0. The van der Waals surface area contributed by atoms with Gasteiger partial charge in [-0.25, -0.2) is 4.39 Å². The van der Waals surface area contributed by atoms with Crippen molar-refractivity contribution >= 4 is 10.9 Å². The first-order valence-electron chi connectivity index (χ1n) is 11.6. The molecule has 0 aliphatic rings. The van der Waals surface area contributed by atoms with E-state index in [0.29, 0.717) is 41.5 Å². The average Bonchev–Trinajstić information content (AvgIpc) is 2.86. The van der Waals surface area contributed by atoms with Gasteiger partial charge < -0.3 is 19.7 Å². The van der Waals surface area contributed by atoms with Gasteiger partial charge in [-0.1, -0.05) is 18.2 Å². The summed E-state index contributed by atoms with van der Waals surface area (Å²) < 4.78 is 65.4. The Bertz CT molecular complexity index is 1390. The third kappa shape index (κ3) is 5.84. The largest absolute Gasteiger partial charge is 0.508 e. The predicted molar refractivity (Wildman–Crippen MR) is 131 cm³/mol. The van der Waals surface area contributed by atoms with Crippen LogP contribution < -0.4 is 4.74 Å². The fraction of sp³-hybridized carbons (Fsp3) is 0.250. The van der Waals surface area contributed by atoms with Crippen molar-refractivity contribution in [2.75, 3.05) is 13.2 Å². The van der Waals surface area contributed by atoms with Gasteiger partial charge in [0.2, 0.25) is 0 Å². The summed E-state index contributed by atoms with van der Waals surface area (Å²) in [4.78, 5) is 4.25. The summed E-state index contributed by atoms with van der Waals surface area (Å²) in [5, 5.41) is 21.7. The summed E-state index contributed by atoms with van der Waals surface area (Å²) >= 11 is 0. The molecule has 5 nitrogen and oxygen atoms in total. The maximum absolute atomic E-state index is 15.0. The number of rotatable bonds is 8. The molecule has 4 rings (SSSR count). The van der Waals surface area contributed by atoms with E-state index >= 15 is 0 Å². The van der Waals surface area contributed by atoms with Crippen molar-refractivity contribution in [3.63, 3.8) is 0 Å². The van der Waals surface area contributed by atoms with Gasteiger partial charge >= 0.3 is 6.18 Å². The molecule has 1 aromatic heterocycles. The van der Waals surface area contributed by atoms with Crippen molar-refractivity contribution < 1.29 is 37.2 Å². The lowest BCUT2D eigenvalue weighted by Gasteiger charge is -2.20. The molecule has 0 saturated heterocycles. The molecule has 0 aliphatic carbocycles. The molecule has 0 saturated carbocycles. The first kappa shape index (κ1) is 26.4. The van der Waals surface area contributed by atoms with E-state index in [2.05, 4.69) is 4.98 Å². The molecule has 0 radical (unpaired) electrons. The number of aromatic hydroxyl groups is 1. The zero-order chi connectivity index (χ0) is 26.7. The Morgan fingerprint density at radius 3 is 2.35 bits per heavy atom. The second kappa shape index (κ2) is 10.7. The van der Waals surface area contributed by atoms with E-state index in [9.17, 15) is 27.8 Å². The SMILES string of the molecule is CCOC(C)COc1ccc([C@@H](O)c2c(-c3ccc(C(F)(F)F)cc3F)cnc3cc(O)ccc23)cc1. The normalized spacial score (nSPS) is 13.5. The van der Waals surface area contributed by atoms with Crippen molar-refractivity contribution in [2.45, 2.75) is 32.2 Å². The number of hydrogen-bond donors (Lipinski definition) is 2. The Kier molecular flexibility index (Phi) is 7.65. The molecule has 3 aromatic carbocycles. The first-order chi connectivity index (χ1) is 17.6. The summed E-state index contributed by atoms with van der Waals surface area (Å²) in [6.07, 6.45) is -4.82. The van der Waals surface area contributed by atoms with Crippen molar-refractivity contribution in [2.24, 2.45) is 0 Å². The van der Waals surface area contributed by atoms with E-state index in [4.69, 9.17) is 9.47 Å². The molecule has 0 bridgehead atoms. The van der Waals surface area contributed by atoms with Gasteiger partial charge in [0.05, 0.1) is 17.2 Å². The summed E-state index contributed by atoms with van der Waals surface area (Å²) in [6.45, 7) is 4.68. The van der Waals surface area contributed by atoms with Gasteiger partial charge in [-0.3, -0.25) is 4.98 Å². The molecule has 0 aliphatic heterocycles. The van der Waals surface area contributed by atoms with Crippen LogP contribution in [0.25, 0.3) is 22.0 Å². The minimum atomic E-state index is -4.70. The minimum absolute atomic E-state index is 0.0586. The van der Waals surface area contributed by atoms with Crippen LogP contribution in [0, 0.1) is 5.82 Å². The molecule has 2 N–H and O–H groups in total. The minimum Gasteiger partial charge on any atom is -0.508 e. The molecule has 1 unspecified atom stereocenters. The number of alkyl halides is 3. The Hall–Kier alpha value is -3.69. The van der Waals surface area contributed by atoms with E-state index in [1.54, 1.807) is 24.3 Å². The van der Waals surface area contributed by atoms with E-state index in [-0.39, 0.29) is 28.5 Å². The molecular formula is C28H25F4NO4. The smallest absolute Gasteiger partial charge is 0.416 e. The van der Waals surface area contributed by atoms with Crippen LogP contribution in [0.2, 0.25) is 0 Å². The predicted octanol–water partition coefficient (Wildman–Crippen LogP) is 6.65. The van der Waals surface area contributed by atoms with E-state index in [0.717, 1.165) is 12.1 Å². The van der Waals surface area contributed by atoms with Crippen molar-refractivity contribution in [1.29, 1.82) is 0 Å². The average molecular weight is 516 g/mol. The van der Waals surface area contributed by atoms with Crippen LogP contribution in [-0.4, -0.2) is 34.5 Å².